The number of fused-ring (bicyclic) bond motifs is 8. The smallest absolute Gasteiger partial charge is 0.197 e. The number of hydrogen-bond donors (Lipinski definition) is 1. The minimum atomic E-state index is 0.886. The van der Waals surface area contributed by atoms with Crippen LogP contribution in [-0.4, -0.2) is 11.8 Å². The van der Waals surface area contributed by atoms with Gasteiger partial charge in [0, 0.05) is 44.0 Å². The summed E-state index contributed by atoms with van der Waals surface area (Å²) in [6.45, 7) is 4.43. The number of nitrogens with zero attached hydrogens (tertiary/aromatic N) is 1. The molecule has 0 saturated heterocycles. The van der Waals surface area contributed by atoms with E-state index in [2.05, 4.69) is 140 Å². The van der Waals surface area contributed by atoms with Crippen LogP contribution in [0.5, 0.6) is 0 Å². The van der Waals surface area contributed by atoms with Gasteiger partial charge in [0.15, 0.2) is 12.9 Å². The zero-order valence-electron chi connectivity index (χ0n) is 26.2. The van der Waals surface area contributed by atoms with Crippen LogP contribution in [0, 0.1) is 6.92 Å². The van der Waals surface area contributed by atoms with Crippen LogP contribution in [0.1, 0.15) is 37.3 Å². The van der Waals surface area contributed by atoms with Crippen LogP contribution in [0.3, 0.4) is 0 Å². The highest BCUT2D eigenvalue weighted by Crippen LogP contribution is 2.43. The Hall–Kier alpha value is -5.22. The molecule has 0 atom stereocenters. The first-order valence-electron chi connectivity index (χ1n) is 16.5. The molecule has 1 aliphatic heterocycles. The predicted octanol–water partition coefficient (Wildman–Crippen LogP) is 10.1. The van der Waals surface area contributed by atoms with Crippen molar-refractivity contribution in [3.63, 3.8) is 0 Å². The fourth-order valence-electron chi connectivity index (χ4n) is 7.53. The predicted molar refractivity (Wildman–Crippen MR) is 196 cm³/mol. The Bertz CT molecular complexity index is 2470. The van der Waals surface area contributed by atoms with Crippen LogP contribution in [0.4, 0.5) is 11.4 Å². The van der Waals surface area contributed by atoms with E-state index in [4.69, 9.17) is 4.42 Å². The van der Waals surface area contributed by atoms with Crippen LogP contribution in [0.25, 0.3) is 60.6 Å². The zero-order valence-corrected chi connectivity index (χ0v) is 26.2. The molecule has 1 aliphatic rings. The number of para-hydroxylation sites is 4. The second kappa shape index (κ2) is 10.7. The van der Waals surface area contributed by atoms with Gasteiger partial charge in [0.2, 0.25) is 0 Å². The van der Waals surface area contributed by atoms with Crippen LogP contribution in [0.15, 0.2) is 120 Å². The summed E-state index contributed by atoms with van der Waals surface area (Å²) in [5.41, 5.74) is 15.1. The number of nitrogens with one attached hydrogen (secondary N) is 1. The van der Waals surface area contributed by atoms with Gasteiger partial charge in [-0.05, 0) is 72.3 Å². The third kappa shape index (κ3) is 4.13. The molecule has 3 nitrogen and oxygen atoms in total. The van der Waals surface area contributed by atoms with Crippen molar-refractivity contribution in [1.29, 1.82) is 0 Å². The van der Waals surface area contributed by atoms with E-state index in [0.717, 1.165) is 45.3 Å². The van der Waals surface area contributed by atoms with Crippen molar-refractivity contribution in [1.82, 2.24) is 4.57 Å². The number of unbranched alkanes of at least 4 members (excludes halogenated alkanes) is 2. The standard InChI is InChI=1S/C42H34BN2O/c1-3-4-5-14-27-24-33(39-37(25-27)45-36-20-10-7-15-28(36)31-17-12-18-34(43-39)41(31)45)30-22-23-32-29-16-8-11-21-38(29)46-42(32)40(30)44-35-19-9-6-13-26(35)2/h6-13,15-25,44H,3-5,14H2,1-2H3. The van der Waals surface area contributed by atoms with Gasteiger partial charge >= 0.3 is 0 Å². The highest BCUT2D eigenvalue weighted by atomic mass is 16.3. The monoisotopic (exact) mass is 593 g/mol. The van der Waals surface area contributed by atoms with Gasteiger partial charge in [-0.1, -0.05) is 110 Å². The van der Waals surface area contributed by atoms with Crippen LogP contribution >= 0.6 is 0 Å². The highest BCUT2D eigenvalue weighted by Gasteiger charge is 2.27. The minimum Gasteiger partial charge on any atom is -0.454 e. The van der Waals surface area contributed by atoms with Gasteiger partial charge in [0.1, 0.15) is 5.58 Å². The third-order valence-corrected chi connectivity index (χ3v) is 9.80. The molecule has 8 aromatic rings. The molecular weight excluding hydrogens is 559 g/mol. The molecule has 0 unspecified atom stereocenters. The molecule has 3 heterocycles. The van der Waals surface area contributed by atoms with E-state index in [1.165, 1.54) is 74.4 Å². The topological polar surface area (TPSA) is 30.1 Å². The summed E-state index contributed by atoms with van der Waals surface area (Å²) < 4.78 is 9.19. The molecule has 0 amide bonds. The quantitative estimate of drug-likeness (QED) is 0.147. The molecule has 6 aromatic carbocycles. The van der Waals surface area contributed by atoms with Crippen molar-refractivity contribution >= 4 is 73.3 Å². The lowest BCUT2D eigenvalue weighted by Crippen LogP contribution is -2.37. The molecule has 0 spiro atoms. The van der Waals surface area contributed by atoms with E-state index >= 15 is 0 Å². The Labute approximate surface area is 269 Å². The maximum atomic E-state index is 6.68. The Kier molecular flexibility index (Phi) is 6.31. The maximum Gasteiger partial charge on any atom is 0.197 e. The summed E-state index contributed by atoms with van der Waals surface area (Å²) >= 11 is 0. The molecule has 1 radical (unpaired) electrons. The number of benzene rings is 6. The SMILES string of the molecule is CCCCCc1cc(-c2ccc3c(oc4ccccc43)c2Nc2ccccc2C)c2c(c1)-n1c3ccccc3c3cccc(c31)[B]2. The summed E-state index contributed by atoms with van der Waals surface area (Å²) in [6, 6.07) is 41.8. The molecule has 1 N–H and O–H groups in total. The Morgan fingerprint density at radius 2 is 1.52 bits per heavy atom. The molecule has 0 aliphatic carbocycles. The Morgan fingerprint density at radius 1 is 0.717 bits per heavy atom. The Morgan fingerprint density at radius 3 is 2.41 bits per heavy atom. The molecule has 0 saturated carbocycles. The number of furan rings is 1. The van der Waals surface area contributed by atoms with Crippen molar-refractivity contribution in [2.75, 3.05) is 5.32 Å². The van der Waals surface area contributed by atoms with Crippen LogP contribution in [-0.2, 0) is 6.42 Å². The average Bonchev–Trinajstić information content (AvgIpc) is 3.64. The second-order valence-corrected chi connectivity index (χ2v) is 12.7. The lowest BCUT2D eigenvalue weighted by atomic mass is 9.59. The minimum absolute atomic E-state index is 0.886. The van der Waals surface area contributed by atoms with E-state index in [-0.39, 0.29) is 0 Å². The third-order valence-electron chi connectivity index (χ3n) is 9.80. The first-order valence-corrected chi connectivity index (χ1v) is 16.5. The molecule has 2 aromatic heterocycles. The van der Waals surface area contributed by atoms with Crippen LogP contribution < -0.4 is 16.2 Å². The van der Waals surface area contributed by atoms with Crippen molar-refractivity contribution < 1.29 is 4.42 Å². The summed E-state index contributed by atoms with van der Waals surface area (Å²) in [5, 5.41) is 8.72. The fourth-order valence-corrected chi connectivity index (χ4v) is 7.53. The van der Waals surface area contributed by atoms with Gasteiger partial charge in [0.05, 0.1) is 11.2 Å². The van der Waals surface area contributed by atoms with Gasteiger partial charge in [0.25, 0.3) is 0 Å². The zero-order chi connectivity index (χ0) is 30.8. The summed E-state index contributed by atoms with van der Waals surface area (Å²) in [4.78, 5) is 0. The lowest BCUT2D eigenvalue weighted by Gasteiger charge is -2.26. The number of anilines is 2. The number of hydrogen-bond acceptors (Lipinski definition) is 2. The van der Waals surface area contributed by atoms with Crippen molar-refractivity contribution in [3.05, 3.63) is 126 Å². The number of aromatic nitrogens is 1. The van der Waals surface area contributed by atoms with Crippen molar-refractivity contribution in [2.45, 2.75) is 39.5 Å². The van der Waals surface area contributed by atoms with E-state index in [1.807, 2.05) is 6.07 Å². The molecule has 9 rings (SSSR count). The maximum absolute atomic E-state index is 6.68. The molecule has 4 heteroatoms. The second-order valence-electron chi connectivity index (χ2n) is 12.7. The summed E-state index contributed by atoms with van der Waals surface area (Å²) in [5.74, 6) is 0. The van der Waals surface area contributed by atoms with E-state index in [9.17, 15) is 0 Å². The molecule has 0 bridgehead atoms. The van der Waals surface area contributed by atoms with Gasteiger partial charge in [-0.15, -0.1) is 0 Å². The normalized spacial score (nSPS) is 12.2. The van der Waals surface area contributed by atoms with Gasteiger partial charge < -0.3 is 14.3 Å². The van der Waals surface area contributed by atoms with E-state index < -0.39 is 0 Å². The first-order chi connectivity index (χ1) is 22.7. The summed E-state index contributed by atoms with van der Waals surface area (Å²) in [6.07, 6.45) is 4.65. The first kappa shape index (κ1) is 27.1. The van der Waals surface area contributed by atoms with Gasteiger partial charge in [-0.25, -0.2) is 0 Å². The number of aryl methyl sites for hydroxylation is 2. The lowest BCUT2D eigenvalue weighted by molar-refractivity contribution is 0.670. The van der Waals surface area contributed by atoms with Crippen molar-refractivity contribution in [3.8, 4) is 16.8 Å². The molecule has 0 fully saturated rings. The highest BCUT2D eigenvalue weighted by molar-refractivity contribution is 6.73. The van der Waals surface area contributed by atoms with Gasteiger partial charge in [-0.2, -0.15) is 0 Å². The van der Waals surface area contributed by atoms with Crippen LogP contribution in [0.2, 0.25) is 0 Å². The fraction of sp³-hybridized carbons (Fsp3) is 0.143. The van der Waals surface area contributed by atoms with E-state index in [0.29, 0.717) is 0 Å². The average molecular weight is 594 g/mol. The summed E-state index contributed by atoms with van der Waals surface area (Å²) in [7, 11) is 2.40. The van der Waals surface area contributed by atoms with E-state index in [1.54, 1.807) is 0 Å². The largest absolute Gasteiger partial charge is 0.454 e. The van der Waals surface area contributed by atoms with Crippen molar-refractivity contribution in [2.24, 2.45) is 0 Å². The number of rotatable bonds is 7. The Balaban J connectivity index is 1.36. The van der Waals surface area contributed by atoms with Gasteiger partial charge in [-0.3, -0.25) is 0 Å². The molecule has 221 valence electrons. The molecular formula is C42H34BN2O. The molecule has 46 heavy (non-hydrogen) atoms.